The molecule has 10 aromatic carbocycles. The molecule has 0 atom stereocenters. The van der Waals surface area contributed by atoms with Crippen LogP contribution in [0.1, 0.15) is 83.1 Å². The molecule has 7 heterocycles. The first-order valence-corrected chi connectivity index (χ1v) is 32.9. The lowest BCUT2D eigenvalue weighted by molar-refractivity contribution is 0.00578. The maximum absolute atomic E-state index is 6.48. The number of aromatic nitrogens is 4. The van der Waals surface area contributed by atoms with Gasteiger partial charge in [-0.3, -0.25) is 0 Å². The highest BCUT2D eigenvalue weighted by Gasteiger charge is 2.64. The summed E-state index contributed by atoms with van der Waals surface area (Å²) in [7, 11) is -1.39. The minimum atomic E-state index is -0.476. The van der Waals surface area contributed by atoms with E-state index in [1.54, 1.807) is 0 Å². The van der Waals surface area contributed by atoms with Gasteiger partial charge in [0.2, 0.25) is 0 Å². The zero-order valence-electron chi connectivity index (χ0n) is 55.3. The molecule has 0 radical (unpaired) electrons. The van der Waals surface area contributed by atoms with Crippen molar-refractivity contribution in [1.82, 2.24) is 19.1 Å². The first-order valence-electron chi connectivity index (χ1n) is 32.5. The molecule has 0 spiro atoms. The Hall–Kier alpha value is -8.62. The molecule has 4 aromatic heterocycles. The van der Waals surface area contributed by atoms with Crippen molar-refractivity contribution in [2.75, 3.05) is 0 Å². The van der Waals surface area contributed by atoms with Crippen molar-refractivity contribution in [3.05, 3.63) is 236 Å². The highest BCUT2D eigenvalue weighted by atomic mass is 35.5. The van der Waals surface area contributed by atoms with Crippen molar-refractivity contribution in [3.63, 3.8) is 0 Å². The Morgan fingerprint density at radius 3 is 1.03 bits per heavy atom. The smallest absolute Gasteiger partial charge is 0.405 e. The summed E-state index contributed by atoms with van der Waals surface area (Å²) in [5, 5.41) is 12.4. The van der Waals surface area contributed by atoms with Crippen LogP contribution in [0, 0.1) is 0 Å². The molecule has 3 saturated heterocycles. The van der Waals surface area contributed by atoms with Crippen molar-refractivity contribution in [3.8, 4) is 33.9 Å². The van der Waals surface area contributed by atoms with Crippen molar-refractivity contribution in [2.24, 2.45) is 0 Å². The molecule has 0 amide bonds. The van der Waals surface area contributed by atoms with E-state index in [1.807, 2.05) is 73.6 Å². The van der Waals surface area contributed by atoms with Crippen LogP contribution < -0.4 is 5.46 Å². The van der Waals surface area contributed by atoms with Crippen LogP contribution in [0.4, 0.5) is 0 Å². The Labute approximate surface area is 555 Å². The maximum atomic E-state index is 6.48. The topological polar surface area (TPSA) is 91.0 Å². The summed E-state index contributed by atoms with van der Waals surface area (Å²) < 4.78 is 41.4. The zero-order chi connectivity index (χ0) is 65.3. The number of halogens is 1. The number of rotatable bonds is 6. The summed E-state index contributed by atoms with van der Waals surface area (Å²) in [6.45, 7) is 24.6. The van der Waals surface area contributed by atoms with Crippen LogP contribution in [0.5, 0.6) is 0 Å². The molecule has 17 rings (SSSR count). The molecule has 3 fully saturated rings. The van der Waals surface area contributed by atoms with Gasteiger partial charge in [0.05, 0.1) is 78.1 Å². The molecule has 0 N–H and O–H groups in total. The lowest BCUT2D eigenvalue weighted by Crippen LogP contribution is -2.41. The molecule has 0 bridgehead atoms. The van der Waals surface area contributed by atoms with E-state index in [2.05, 4.69) is 249 Å². The zero-order valence-corrected chi connectivity index (χ0v) is 56.0. The van der Waals surface area contributed by atoms with Crippen LogP contribution in [0.15, 0.2) is 231 Å². The molecule has 94 heavy (non-hydrogen) atoms. The number of para-hydroxylation sites is 2. The molecule has 3 aliphatic heterocycles. The Morgan fingerprint density at radius 2 is 0.628 bits per heavy atom. The normalized spacial score (nSPS) is 17.6. The molecule has 3 aliphatic rings. The minimum Gasteiger partial charge on any atom is -0.405 e. The molecule has 0 aliphatic carbocycles. The Bertz CT molecular complexity index is 5190. The van der Waals surface area contributed by atoms with Gasteiger partial charge in [-0.25, -0.2) is 9.97 Å². The van der Waals surface area contributed by atoms with Crippen molar-refractivity contribution < 1.29 is 27.9 Å². The Kier molecular flexibility index (Phi) is 14.9. The summed E-state index contributed by atoms with van der Waals surface area (Å²) in [4.78, 5) is 10.8. The number of hydrogen-bond donors (Lipinski definition) is 0. The monoisotopic (exact) mass is 1250 g/mol. The highest BCUT2D eigenvalue weighted by molar-refractivity contribution is 7.11. The van der Waals surface area contributed by atoms with Gasteiger partial charge in [-0.05, 0) is 142 Å². The van der Waals surface area contributed by atoms with Crippen LogP contribution in [0.3, 0.4) is 0 Å². The average molecular weight is 1260 g/mol. The van der Waals surface area contributed by atoms with Gasteiger partial charge in [-0.1, -0.05) is 200 Å². The molecule has 10 nitrogen and oxygen atoms in total. The predicted octanol–water partition coefficient (Wildman–Crippen LogP) is 19.5. The summed E-state index contributed by atoms with van der Waals surface area (Å²) in [6.07, 6.45) is 0. The van der Waals surface area contributed by atoms with Crippen LogP contribution in [0.25, 0.3) is 121 Å². The van der Waals surface area contributed by atoms with E-state index in [0.717, 1.165) is 99.0 Å². The summed E-state index contributed by atoms with van der Waals surface area (Å²) in [5.74, 6) is 0. The lowest BCUT2D eigenvalue weighted by atomic mass is 9.49. The number of fused-ring (bicyclic) bond motifs is 14. The summed E-state index contributed by atoms with van der Waals surface area (Å²) >= 11 is 6.48. The molecular weight excluding hydrogens is 1180 g/mol. The third kappa shape index (κ3) is 10.3. The fourth-order valence-electron chi connectivity index (χ4n) is 13.5. The van der Waals surface area contributed by atoms with E-state index in [9.17, 15) is 0 Å². The first kappa shape index (κ1) is 61.6. The van der Waals surface area contributed by atoms with Gasteiger partial charge in [0.1, 0.15) is 0 Å². The molecule has 14 heteroatoms. The van der Waals surface area contributed by atoms with Crippen LogP contribution in [0.2, 0.25) is 5.02 Å². The van der Waals surface area contributed by atoms with E-state index < -0.39 is 32.3 Å². The molecule has 0 unspecified atom stereocenters. The molecule has 466 valence electrons. The van der Waals surface area contributed by atoms with E-state index in [1.165, 1.54) is 32.3 Å². The van der Waals surface area contributed by atoms with Crippen LogP contribution in [-0.4, -0.2) is 73.8 Å². The Balaban J connectivity index is 0.000000125. The summed E-state index contributed by atoms with van der Waals surface area (Å²) in [5.41, 5.74) is 11.5. The van der Waals surface area contributed by atoms with Gasteiger partial charge >= 0.3 is 21.1 Å². The largest absolute Gasteiger partial charge is 0.494 e. The highest BCUT2D eigenvalue weighted by Crippen LogP contribution is 2.46. The van der Waals surface area contributed by atoms with Gasteiger partial charge in [0.25, 0.3) is 0 Å². The summed E-state index contributed by atoms with van der Waals surface area (Å²) in [6, 6.07) is 80.8. The van der Waals surface area contributed by atoms with Gasteiger partial charge in [-0.2, -0.15) is 0 Å². The maximum Gasteiger partial charge on any atom is 0.494 e. The third-order valence-electron chi connectivity index (χ3n) is 20.6. The van der Waals surface area contributed by atoms with Gasteiger partial charge in [-0.15, -0.1) is 0 Å². The number of hydrogen-bond acceptors (Lipinski definition) is 8. The standard InChI is InChI=1S/C37H31BN2O2.C31H19ClN2.C12H24B2O4/c1-36(2)37(3,4)42-38(41-36)25-19-20-28-31-22-21-30-27-17-11-12-18-29(27)33(24-13-7-5-8-14-24)39-34(30)35(31)40(32(28)23-25)26-15-9-6-10-16-26;32-21-15-16-24-27-18-17-26-23-13-7-8-14-25(23)29(20-9-3-1-4-10-20)33-30(26)31(27)34(28(24)19-21)22-11-5-2-6-12-22;1-9(2)10(3,4)16-13(15-9)14-17-11(5,6)12(7,8)18-14/h5-23H,1-4H3;1-19H;1-8H3. The fourth-order valence-corrected chi connectivity index (χ4v) is 13.6. The molecule has 14 aromatic rings. The second-order valence-corrected chi connectivity index (χ2v) is 28.5. The second-order valence-electron chi connectivity index (χ2n) is 28.1. The van der Waals surface area contributed by atoms with E-state index >= 15 is 0 Å². The van der Waals surface area contributed by atoms with Gasteiger partial charge in [0, 0.05) is 70.6 Å². The lowest BCUT2D eigenvalue weighted by Gasteiger charge is -2.32. The minimum absolute atomic E-state index is 0.360. The van der Waals surface area contributed by atoms with E-state index in [4.69, 9.17) is 49.5 Å². The van der Waals surface area contributed by atoms with Crippen LogP contribution in [-0.2, 0) is 27.9 Å². The van der Waals surface area contributed by atoms with Crippen molar-refractivity contribution in [2.45, 2.75) is 117 Å². The van der Waals surface area contributed by atoms with Gasteiger partial charge < -0.3 is 37.1 Å². The third-order valence-corrected chi connectivity index (χ3v) is 20.8. The van der Waals surface area contributed by atoms with E-state index in [0.29, 0.717) is 0 Å². The van der Waals surface area contributed by atoms with Crippen LogP contribution >= 0.6 is 11.6 Å². The van der Waals surface area contributed by atoms with E-state index in [-0.39, 0.29) is 22.4 Å². The number of pyridine rings is 2. The van der Waals surface area contributed by atoms with Crippen molar-refractivity contribution >= 4 is 125 Å². The fraction of sp³-hybridized carbons (Fsp3) is 0.225. The Morgan fingerprint density at radius 1 is 0.309 bits per heavy atom. The SMILES string of the molecule is CC1(C)OB(B2OC(C)(C)C(C)(C)O2)OC1(C)C.CC1(C)OB(c2ccc3c4ccc5c6ccccc6c(-c6ccccc6)nc5c4n(-c4ccccc4)c3c2)OC1(C)C.Clc1ccc2c3ccc4c5ccccc5c(-c5ccccc5)nc4c3n(-c3ccccc3)c2c1. The number of benzene rings is 10. The second kappa shape index (κ2) is 22.8. The quantitative estimate of drug-likeness (QED) is 0.120. The predicted molar refractivity (Wildman–Crippen MR) is 391 cm³/mol. The van der Waals surface area contributed by atoms with Gasteiger partial charge in [0.15, 0.2) is 0 Å². The molecule has 0 saturated carbocycles. The van der Waals surface area contributed by atoms with Crippen molar-refractivity contribution in [1.29, 1.82) is 0 Å². The molecular formula is C80H74B3ClN4O6. The first-order chi connectivity index (χ1) is 45.0. The average Bonchev–Trinajstić information content (AvgIpc) is 1.12. The number of nitrogens with zero attached hydrogens (tertiary/aromatic N) is 4.